The normalized spacial score (nSPS) is 11.5. The standard InChI is InChI=1S/C50H33NO/c1-2-13-34(14-3-1)41-17-8-10-23-48(41)51(38-29-25-35(26-30-38)42-21-12-22-46-45-20-9-11-24-49(45)52-50(42)46)39-31-27-36(28-32-39)47-33-37-15-4-5-16-40(37)43-18-6-7-19-44(43)47/h1-33H. The van der Waals surface area contributed by atoms with Crippen LogP contribution in [-0.2, 0) is 0 Å². The second kappa shape index (κ2) is 12.5. The second-order valence-corrected chi connectivity index (χ2v) is 13.3. The van der Waals surface area contributed by atoms with Gasteiger partial charge in [-0.2, -0.15) is 0 Å². The molecule has 2 heteroatoms. The van der Waals surface area contributed by atoms with Crippen molar-refractivity contribution < 1.29 is 4.42 Å². The van der Waals surface area contributed by atoms with Crippen molar-refractivity contribution in [3.8, 4) is 33.4 Å². The lowest BCUT2D eigenvalue weighted by Gasteiger charge is -2.28. The Bertz CT molecular complexity index is 2890. The van der Waals surface area contributed by atoms with Gasteiger partial charge in [0.25, 0.3) is 0 Å². The van der Waals surface area contributed by atoms with Gasteiger partial charge in [-0.3, -0.25) is 0 Å². The molecule has 0 saturated heterocycles. The molecular weight excluding hydrogens is 631 g/mol. The Labute approximate surface area is 302 Å². The summed E-state index contributed by atoms with van der Waals surface area (Å²) in [4.78, 5) is 2.37. The number of para-hydroxylation sites is 3. The number of rotatable bonds is 6. The Hall–Kier alpha value is -6.90. The van der Waals surface area contributed by atoms with E-state index in [1.54, 1.807) is 0 Å². The van der Waals surface area contributed by atoms with Crippen LogP contribution < -0.4 is 4.90 Å². The topological polar surface area (TPSA) is 16.4 Å². The van der Waals surface area contributed by atoms with Crippen LogP contribution in [0.2, 0.25) is 0 Å². The van der Waals surface area contributed by atoms with Crippen molar-refractivity contribution >= 4 is 60.5 Å². The van der Waals surface area contributed by atoms with Gasteiger partial charge < -0.3 is 9.32 Å². The smallest absolute Gasteiger partial charge is 0.143 e. The molecule has 0 radical (unpaired) electrons. The maximum absolute atomic E-state index is 6.41. The molecule has 0 amide bonds. The van der Waals surface area contributed by atoms with Gasteiger partial charge in [-0.25, -0.2) is 0 Å². The Morgan fingerprint density at radius 3 is 1.63 bits per heavy atom. The van der Waals surface area contributed by atoms with Crippen molar-refractivity contribution in [1.82, 2.24) is 0 Å². The van der Waals surface area contributed by atoms with E-state index in [-0.39, 0.29) is 0 Å². The fourth-order valence-electron chi connectivity index (χ4n) is 7.81. The zero-order chi connectivity index (χ0) is 34.4. The summed E-state index contributed by atoms with van der Waals surface area (Å²) in [6.07, 6.45) is 0. The van der Waals surface area contributed by atoms with Crippen LogP contribution in [0.3, 0.4) is 0 Å². The van der Waals surface area contributed by atoms with Gasteiger partial charge >= 0.3 is 0 Å². The van der Waals surface area contributed by atoms with Crippen LogP contribution in [0.5, 0.6) is 0 Å². The molecule has 52 heavy (non-hydrogen) atoms. The fraction of sp³-hybridized carbons (Fsp3) is 0. The minimum atomic E-state index is 0.908. The summed E-state index contributed by atoms with van der Waals surface area (Å²) in [6, 6.07) is 71.6. The van der Waals surface area contributed by atoms with Crippen LogP contribution in [0.1, 0.15) is 0 Å². The molecule has 0 aliphatic heterocycles. The molecule has 0 saturated carbocycles. The third-order valence-corrected chi connectivity index (χ3v) is 10.3. The lowest BCUT2D eigenvalue weighted by atomic mass is 9.93. The van der Waals surface area contributed by atoms with Crippen molar-refractivity contribution in [3.63, 3.8) is 0 Å². The van der Waals surface area contributed by atoms with Crippen LogP contribution in [0, 0.1) is 0 Å². The first-order valence-corrected chi connectivity index (χ1v) is 17.8. The molecule has 244 valence electrons. The summed E-state index contributed by atoms with van der Waals surface area (Å²) in [6.45, 7) is 0. The summed E-state index contributed by atoms with van der Waals surface area (Å²) >= 11 is 0. The SMILES string of the molecule is c1ccc(-c2ccccc2N(c2ccc(-c3cc4ccccc4c4ccccc34)cc2)c2ccc(-c3cccc4c3oc3ccccc34)cc2)cc1. The fourth-order valence-corrected chi connectivity index (χ4v) is 7.81. The predicted octanol–water partition coefficient (Wildman–Crippen LogP) is 14.4. The van der Waals surface area contributed by atoms with Gasteiger partial charge in [0.05, 0.1) is 5.69 Å². The third kappa shape index (κ3) is 5.04. The molecule has 10 rings (SSSR count). The summed E-state index contributed by atoms with van der Waals surface area (Å²) in [5.41, 5.74) is 12.1. The Kier molecular flexibility index (Phi) is 7.18. The van der Waals surface area contributed by atoms with Gasteiger partial charge in [0.15, 0.2) is 0 Å². The zero-order valence-corrected chi connectivity index (χ0v) is 28.4. The number of furan rings is 1. The highest BCUT2D eigenvalue weighted by molar-refractivity contribution is 6.14. The first-order chi connectivity index (χ1) is 25.8. The Balaban J connectivity index is 1.11. The van der Waals surface area contributed by atoms with E-state index in [9.17, 15) is 0 Å². The number of nitrogens with zero attached hydrogens (tertiary/aromatic N) is 1. The van der Waals surface area contributed by atoms with E-state index in [0.29, 0.717) is 0 Å². The van der Waals surface area contributed by atoms with E-state index in [1.807, 2.05) is 12.1 Å². The number of fused-ring (bicyclic) bond motifs is 6. The molecule has 1 heterocycles. The number of hydrogen-bond acceptors (Lipinski definition) is 2. The molecule has 0 N–H and O–H groups in total. The molecule has 0 unspecified atom stereocenters. The van der Waals surface area contributed by atoms with Crippen molar-refractivity contribution in [2.75, 3.05) is 4.90 Å². The average Bonchev–Trinajstić information content (AvgIpc) is 3.61. The van der Waals surface area contributed by atoms with E-state index in [0.717, 1.165) is 50.1 Å². The quantitative estimate of drug-likeness (QED) is 0.165. The van der Waals surface area contributed by atoms with Crippen molar-refractivity contribution in [2.45, 2.75) is 0 Å². The van der Waals surface area contributed by atoms with E-state index in [1.165, 1.54) is 43.8 Å². The molecular formula is C50H33NO. The largest absolute Gasteiger partial charge is 0.455 e. The molecule has 2 nitrogen and oxygen atoms in total. The summed E-state index contributed by atoms with van der Waals surface area (Å²) < 4.78 is 6.41. The number of benzene rings is 9. The Morgan fingerprint density at radius 1 is 0.327 bits per heavy atom. The van der Waals surface area contributed by atoms with Gasteiger partial charge in [0.1, 0.15) is 11.2 Å². The van der Waals surface area contributed by atoms with Crippen molar-refractivity contribution in [2.24, 2.45) is 0 Å². The van der Waals surface area contributed by atoms with Crippen LogP contribution in [0.15, 0.2) is 205 Å². The zero-order valence-electron chi connectivity index (χ0n) is 28.4. The van der Waals surface area contributed by atoms with Crippen LogP contribution in [0.25, 0.3) is 76.9 Å². The minimum absolute atomic E-state index is 0.908. The predicted molar refractivity (Wildman–Crippen MR) is 220 cm³/mol. The van der Waals surface area contributed by atoms with Gasteiger partial charge in [-0.1, -0.05) is 158 Å². The maximum atomic E-state index is 6.41. The molecule has 1 aromatic heterocycles. The van der Waals surface area contributed by atoms with Gasteiger partial charge in [-0.15, -0.1) is 0 Å². The van der Waals surface area contributed by atoms with Crippen LogP contribution in [-0.4, -0.2) is 0 Å². The summed E-state index contributed by atoms with van der Waals surface area (Å²) in [5, 5.41) is 7.33. The summed E-state index contributed by atoms with van der Waals surface area (Å²) in [7, 11) is 0. The average molecular weight is 664 g/mol. The minimum Gasteiger partial charge on any atom is -0.455 e. The summed E-state index contributed by atoms with van der Waals surface area (Å²) in [5.74, 6) is 0. The molecule has 0 aliphatic rings. The highest BCUT2D eigenvalue weighted by atomic mass is 16.3. The first-order valence-electron chi connectivity index (χ1n) is 17.8. The second-order valence-electron chi connectivity index (χ2n) is 13.3. The highest BCUT2D eigenvalue weighted by Gasteiger charge is 2.19. The van der Waals surface area contributed by atoms with E-state index >= 15 is 0 Å². The van der Waals surface area contributed by atoms with Crippen molar-refractivity contribution in [1.29, 1.82) is 0 Å². The first kappa shape index (κ1) is 30.0. The van der Waals surface area contributed by atoms with E-state index in [2.05, 4.69) is 193 Å². The molecule has 0 fully saturated rings. The number of hydrogen-bond donors (Lipinski definition) is 0. The lowest BCUT2D eigenvalue weighted by molar-refractivity contribution is 0.670. The monoisotopic (exact) mass is 663 g/mol. The molecule has 10 aromatic rings. The van der Waals surface area contributed by atoms with Crippen LogP contribution >= 0.6 is 0 Å². The van der Waals surface area contributed by atoms with Crippen LogP contribution in [0.4, 0.5) is 17.1 Å². The molecule has 0 bridgehead atoms. The van der Waals surface area contributed by atoms with Gasteiger partial charge in [0, 0.05) is 33.3 Å². The van der Waals surface area contributed by atoms with Crippen molar-refractivity contribution in [3.05, 3.63) is 200 Å². The Morgan fingerprint density at radius 2 is 0.865 bits per heavy atom. The van der Waals surface area contributed by atoms with E-state index < -0.39 is 0 Å². The molecule has 9 aromatic carbocycles. The highest BCUT2D eigenvalue weighted by Crippen LogP contribution is 2.43. The van der Waals surface area contributed by atoms with Gasteiger partial charge in [0.2, 0.25) is 0 Å². The number of anilines is 3. The van der Waals surface area contributed by atoms with E-state index in [4.69, 9.17) is 4.42 Å². The lowest BCUT2D eigenvalue weighted by Crippen LogP contribution is -2.11. The molecule has 0 aliphatic carbocycles. The molecule has 0 atom stereocenters. The molecule has 0 spiro atoms. The third-order valence-electron chi connectivity index (χ3n) is 10.3. The maximum Gasteiger partial charge on any atom is 0.143 e. The van der Waals surface area contributed by atoms with Gasteiger partial charge in [-0.05, 0) is 86.3 Å².